The Balaban J connectivity index is 2.02. The van der Waals surface area contributed by atoms with Crippen LogP contribution in [-0.2, 0) is 9.53 Å². The Bertz CT molecular complexity index is 750. The molecule has 7 heteroatoms. The van der Waals surface area contributed by atoms with Crippen LogP contribution in [0.2, 0.25) is 10.0 Å². The summed E-state index contributed by atoms with van der Waals surface area (Å²) in [6.45, 7) is 3.30. The predicted molar refractivity (Wildman–Crippen MR) is 88.9 cm³/mol. The van der Waals surface area contributed by atoms with Gasteiger partial charge in [0.15, 0.2) is 6.10 Å². The van der Waals surface area contributed by atoms with Crippen molar-refractivity contribution in [1.29, 1.82) is 0 Å². The highest BCUT2D eigenvalue weighted by Crippen LogP contribution is 2.20. The van der Waals surface area contributed by atoms with Crippen molar-refractivity contribution in [2.75, 3.05) is 5.32 Å². The van der Waals surface area contributed by atoms with Gasteiger partial charge in [-0.15, -0.1) is 0 Å². The molecule has 0 aliphatic carbocycles. The summed E-state index contributed by atoms with van der Waals surface area (Å²) in [6, 6.07) is 8.04. The first-order chi connectivity index (χ1) is 10.9. The molecular weight excluding hydrogens is 339 g/mol. The van der Waals surface area contributed by atoms with E-state index in [1.54, 1.807) is 18.2 Å². The number of pyridine rings is 1. The number of aryl methyl sites for hydroxylation is 1. The number of ether oxygens (including phenoxy) is 1. The number of amides is 1. The van der Waals surface area contributed by atoms with Crippen molar-refractivity contribution in [2.24, 2.45) is 0 Å². The number of esters is 1. The van der Waals surface area contributed by atoms with Gasteiger partial charge in [-0.1, -0.05) is 29.3 Å². The van der Waals surface area contributed by atoms with Gasteiger partial charge in [0.25, 0.3) is 5.91 Å². The highest BCUT2D eigenvalue weighted by molar-refractivity contribution is 6.31. The van der Waals surface area contributed by atoms with Crippen LogP contribution in [0.1, 0.15) is 23.0 Å². The molecule has 0 unspecified atom stereocenters. The smallest absolute Gasteiger partial charge is 0.357 e. The fourth-order valence-electron chi connectivity index (χ4n) is 1.75. The maximum atomic E-state index is 12.1. The fraction of sp³-hybridized carbons (Fsp3) is 0.188. The Labute approximate surface area is 143 Å². The van der Waals surface area contributed by atoms with E-state index in [9.17, 15) is 9.59 Å². The minimum atomic E-state index is -0.998. The van der Waals surface area contributed by atoms with Gasteiger partial charge in [0, 0.05) is 21.9 Å². The number of nitrogens with one attached hydrogen (secondary N) is 1. The van der Waals surface area contributed by atoms with Crippen LogP contribution in [0.15, 0.2) is 36.5 Å². The van der Waals surface area contributed by atoms with Crippen molar-refractivity contribution in [2.45, 2.75) is 20.0 Å². The first-order valence-corrected chi connectivity index (χ1v) is 7.52. The molecule has 1 heterocycles. The Morgan fingerprint density at radius 2 is 1.87 bits per heavy atom. The highest BCUT2D eigenvalue weighted by Gasteiger charge is 2.20. The van der Waals surface area contributed by atoms with Gasteiger partial charge < -0.3 is 10.1 Å². The molecule has 0 saturated heterocycles. The Kier molecular flexibility index (Phi) is 5.58. The first-order valence-electron chi connectivity index (χ1n) is 6.76. The minimum absolute atomic E-state index is 0.0380. The fourth-order valence-corrected chi connectivity index (χ4v) is 2.09. The van der Waals surface area contributed by atoms with Crippen LogP contribution in [0.5, 0.6) is 0 Å². The molecule has 2 aromatic rings. The lowest BCUT2D eigenvalue weighted by Gasteiger charge is -2.14. The molecule has 0 radical (unpaired) electrons. The second kappa shape index (κ2) is 7.44. The van der Waals surface area contributed by atoms with E-state index >= 15 is 0 Å². The van der Waals surface area contributed by atoms with Crippen LogP contribution < -0.4 is 5.32 Å². The van der Waals surface area contributed by atoms with E-state index in [0.29, 0.717) is 15.7 Å². The summed E-state index contributed by atoms with van der Waals surface area (Å²) in [5, 5.41) is 3.53. The molecule has 0 spiro atoms. The van der Waals surface area contributed by atoms with Gasteiger partial charge in [-0.3, -0.25) is 4.79 Å². The summed E-state index contributed by atoms with van der Waals surface area (Å²) in [6.07, 6.45) is 0.389. The second-order valence-corrected chi connectivity index (χ2v) is 5.73. The maximum Gasteiger partial charge on any atom is 0.357 e. The van der Waals surface area contributed by atoms with E-state index in [1.165, 1.54) is 25.3 Å². The van der Waals surface area contributed by atoms with Gasteiger partial charge in [0.1, 0.15) is 5.69 Å². The van der Waals surface area contributed by atoms with E-state index in [0.717, 1.165) is 5.56 Å². The normalized spacial score (nSPS) is 11.7. The minimum Gasteiger partial charge on any atom is -0.448 e. The molecule has 0 aliphatic rings. The van der Waals surface area contributed by atoms with E-state index in [-0.39, 0.29) is 5.69 Å². The van der Waals surface area contributed by atoms with E-state index in [4.69, 9.17) is 27.9 Å². The number of benzene rings is 1. The molecule has 23 heavy (non-hydrogen) atoms. The lowest BCUT2D eigenvalue weighted by molar-refractivity contribution is -0.123. The average Bonchev–Trinajstić information content (AvgIpc) is 2.50. The van der Waals surface area contributed by atoms with Crippen molar-refractivity contribution in [3.8, 4) is 0 Å². The molecule has 1 amide bonds. The largest absolute Gasteiger partial charge is 0.448 e. The lowest BCUT2D eigenvalue weighted by Crippen LogP contribution is -2.30. The number of hydrogen-bond acceptors (Lipinski definition) is 4. The van der Waals surface area contributed by atoms with Gasteiger partial charge in [-0.05, 0) is 43.7 Å². The number of halogens is 2. The summed E-state index contributed by atoms with van der Waals surface area (Å²) >= 11 is 11.7. The molecular formula is C16H14Cl2N2O3. The summed E-state index contributed by atoms with van der Waals surface area (Å²) in [5.41, 5.74) is 1.44. The predicted octanol–water partition coefficient (Wildman–Crippen LogP) is 3.88. The van der Waals surface area contributed by atoms with Gasteiger partial charge >= 0.3 is 5.97 Å². The van der Waals surface area contributed by atoms with Crippen LogP contribution >= 0.6 is 23.2 Å². The Morgan fingerprint density at radius 3 is 2.57 bits per heavy atom. The number of carbonyl (C=O) groups is 2. The Morgan fingerprint density at radius 1 is 1.17 bits per heavy atom. The quantitative estimate of drug-likeness (QED) is 0.847. The van der Waals surface area contributed by atoms with E-state index in [2.05, 4.69) is 10.3 Å². The SMILES string of the molecule is Cc1ccc(Cl)cc1NC(=O)[C@@H](C)OC(=O)c1cc(Cl)ccn1. The zero-order valence-electron chi connectivity index (χ0n) is 12.5. The molecule has 0 bridgehead atoms. The lowest BCUT2D eigenvalue weighted by atomic mass is 10.2. The topological polar surface area (TPSA) is 68.3 Å². The van der Waals surface area contributed by atoms with Crippen LogP contribution in [-0.4, -0.2) is 23.0 Å². The van der Waals surface area contributed by atoms with Gasteiger partial charge in [-0.2, -0.15) is 0 Å². The maximum absolute atomic E-state index is 12.1. The third-order valence-corrected chi connectivity index (χ3v) is 3.51. The molecule has 5 nitrogen and oxygen atoms in total. The third-order valence-electron chi connectivity index (χ3n) is 3.04. The van der Waals surface area contributed by atoms with Crippen molar-refractivity contribution >= 4 is 40.8 Å². The molecule has 1 aromatic heterocycles. The standard InChI is InChI=1S/C16H14Cl2N2O3/c1-9-3-4-11(17)7-13(9)20-15(21)10(2)23-16(22)14-8-12(18)5-6-19-14/h3-8,10H,1-2H3,(H,20,21)/t10-/m1/s1. The molecule has 2 rings (SSSR count). The first kappa shape index (κ1) is 17.2. The third kappa shape index (κ3) is 4.68. The van der Waals surface area contributed by atoms with E-state index in [1.807, 2.05) is 6.92 Å². The van der Waals surface area contributed by atoms with Crippen molar-refractivity contribution < 1.29 is 14.3 Å². The van der Waals surface area contributed by atoms with Crippen LogP contribution in [0, 0.1) is 6.92 Å². The summed E-state index contributed by atoms with van der Waals surface area (Å²) in [5.74, 6) is -1.19. The summed E-state index contributed by atoms with van der Waals surface area (Å²) in [7, 11) is 0. The molecule has 1 atom stereocenters. The van der Waals surface area contributed by atoms with Crippen molar-refractivity contribution in [3.63, 3.8) is 0 Å². The zero-order valence-corrected chi connectivity index (χ0v) is 14.0. The highest BCUT2D eigenvalue weighted by atomic mass is 35.5. The van der Waals surface area contributed by atoms with Crippen LogP contribution in [0.25, 0.3) is 0 Å². The number of aromatic nitrogens is 1. The van der Waals surface area contributed by atoms with Gasteiger partial charge in [-0.25, -0.2) is 9.78 Å². The van der Waals surface area contributed by atoms with E-state index < -0.39 is 18.0 Å². The van der Waals surface area contributed by atoms with Crippen LogP contribution in [0.4, 0.5) is 5.69 Å². The summed E-state index contributed by atoms with van der Waals surface area (Å²) < 4.78 is 5.09. The molecule has 120 valence electrons. The summed E-state index contributed by atoms with van der Waals surface area (Å²) in [4.78, 5) is 27.9. The molecule has 0 aliphatic heterocycles. The molecule has 1 N–H and O–H groups in total. The molecule has 1 aromatic carbocycles. The van der Waals surface area contributed by atoms with Gasteiger partial charge in [0.05, 0.1) is 0 Å². The Hall–Kier alpha value is -2.11. The monoisotopic (exact) mass is 352 g/mol. The second-order valence-electron chi connectivity index (χ2n) is 4.86. The average molecular weight is 353 g/mol. The van der Waals surface area contributed by atoms with Crippen LogP contribution in [0.3, 0.4) is 0 Å². The molecule has 0 saturated carbocycles. The van der Waals surface area contributed by atoms with Crippen molar-refractivity contribution in [3.05, 3.63) is 57.8 Å². The number of nitrogens with zero attached hydrogens (tertiary/aromatic N) is 1. The zero-order chi connectivity index (χ0) is 17.0. The van der Waals surface area contributed by atoms with Gasteiger partial charge in [0.2, 0.25) is 0 Å². The molecule has 0 fully saturated rings. The number of hydrogen-bond donors (Lipinski definition) is 1. The number of carbonyl (C=O) groups excluding carboxylic acids is 2. The van der Waals surface area contributed by atoms with Crippen molar-refractivity contribution in [1.82, 2.24) is 4.98 Å². The number of anilines is 1. The number of rotatable bonds is 4.